The maximum atomic E-state index is 9.32. The Labute approximate surface area is 112 Å². The molecular weight excluding hydrogens is 236 g/mol. The van der Waals surface area contributed by atoms with E-state index in [0.29, 0.717) is 12.0 Å². The number of hydrogen-bond donors (Lipinski definition) is 2. The smallest absolute Gasteiger partial charge is 0.158 e. The highest BCUT2D eigenvalue weighted by Gasteiger charge is 1.97. The van der Waals surface area contributed by atoms with E-state index in [9.17, 15) is 10.2 Å². The number of benzene rings is 2. The van der Waals surface area contributed by atoms with E-state index in [2.05, 4.69) is 11.8 Å². The Kier molecular flexibility index (Phi) is 4.25. The molecule has 0 saturated carbocycles. The molecule has 2 nitrogen and oxygen atoms in total. The van der Waals surface area contributed by atoms with Crippen LogP contribution in [0.5, 0.6) is 11.5 Å². The van der Waals surface area contributed by atoms with E-state index < -0.39 is 0 Å². The van der Waals surface area contributed by atoms with Crippen LogP contribution in [0.15, 0.2) is 54.6 Å². The van der Waals surface area contributed by atoms with E-state index in [1.54, 1.807) is 6.07 Å². The molecule has 2 aromatic rings. The highest BCUT2D eigenvalue weighted by atomic mass is 16.3. The van der Waals surface area contributed by atoms with Gasteiger partial charge in [-0.2, -0.15) is 0 Å². The third-order valence-electron chi connectivity index (χ3n) is 2.54. The zero-order chi connectivity index (χ0) is 13.5. The molecule has 0 spiro atoms. The van der Waals surface area contributed by atoms with Crippen molar-refractivity contribution in [3.05, 3.63) is 65.7 Å². The summed E-state index contributed by atoms with van der Waals surface area (Å²) in [5, 5.41) is 18.5. The fourth-order valence-corrected chi connectivity index (χ4v) is 1.57. The van der Waals surface area contributed by atoms with Crippen LogP contribution in [0.3, 0.4) is 0 Å². The molecule has 0 amide bonds. The summed E-state index contributed by atoms with van der Waals surface area (Å²) in [7, 11) is 0. The molecule has 19 heavy (non-hydrogen) atoms. The number of rotatable bonds is 2. The third kappa shape index (κ3) is 3.93. The van der Waals surface area contributed by atoms with Crippen LogP contribution in [-0.2, 0) is 0 Å². The first kappa shape index (κ1) is 12.8. The van der Waals surface area contributed by atoms with E-state index in [4.69, 9.17) is 0 Å². The lowest BCUT2D eigenvalue weighted by Crippen LogP contribution is -1.74. The number of hydrogen-bond acceptors (Lipinski definition) is 2. The minimum Gasteiger partial charge on any atom is -0.504 e. The topological polar surface area (TPSA) is 40.5 Å². The van der Waals surface area contributed by atoms with Crippen molar-refractivity contribution in [3.8, 4) is 23.3 Å². The zero-order valence-electron chi connectivity index (χ0n) is 10.4. The molecule has 94 valence electrons. The summed E-state index contributed by atoms with van der Waals surface area (Å²) in [6, 6.07) is 14.6. The second-order valence-corrected chi connectivity index (χ2v) is 4.02. The predicted molar refractivity (Wildman–Crippen MR) is 76.7 cm³/mol. The third-order valence-corrected chi connectivity index (χ3v) is 2.54. The Morgan fingerprint density at radius 3 is 2.47 bits per heavy atom. The molecule has 0 bridgehead atoms. The number of phenolic OH excluding ortho intramolecular Hbond substituents is 2. The van der Waals surface area contributed by atoms with Crippen molar-refractivity contribution >= 4 is 6.08 Å². The van der Waals surface area contributed by atoms with E-state index >= 15 is 0 Å². The average Bonchev–Trinajstić information content (AvgIpc) is 2.43. The molecule has 0 aliphatic heterocycles. The first-order valence-electron chi connectivity index (χ1n) is 5.98. The van der Waals surface area contributed by atoms with Crippen LogP contribution in [0.1, 0.15) is 17.5 Å². The monoisotopic (exact) mass is 250 g/mol. The van der Waals surface area contributed by atoms with Crippen molar-refractivity contribution in [2.24, 2.45) is 0 Å². The van der Waals surface area contributed by atoms with Crippen molar-refractivity contribution in [1.82, 2.24) is 0 Å². The van der Waals surface area contributed by atoms with Gasteiger partial charge in [-0.25, -0.2) is 0 Å². The van der Waals surface area contributed by atoms with Crippen LogP contribution in [-0.4, -0.2) is 10.2 Å². The molecule has 0 radical (unpaired) electrons. The molecule has 2 aromatic carbocycles. The molecule has 0 fully saturated rings. The second kappa shape index (κ2) is 6.32. The fourth-order valence-electron chi connectivity index (χ4n) is 1.57. The van der Waals surface area contributed by atoms with Gasteiger partial charge in [-0.3, -0.25) is 0 Å². The van der Waals surface area contributed by atoms with Gasteiger partial charge in [0.25, 0.3) is 0 Å². The SMILES string of the molecule is Oc1ccc(C#CC/C=C/c2ccccc2)cc1O. The fraction of sp³-hybridized carbons (Fsp3) is 0.0588. The number of phenols is 2. The molecule has 0 aliphatic rings. The first-order chi connectivity index (χ1) is 9.25. The highest BCUT2D eigenvalue weighted by Crippen LogP contribution is 2.24. The standard InChI is InChI=1S/C17H14O2/c18-16-12-11-15(13-17(16)19)10-6-2-5-9-14-7-3-1-4-8-14/h1,3-5,7-9,11-13,18-19H,2H2/b9-5+. The Bertz CT molecular complexity index is 631. The highest BCUT2D eigenvalue weighted by molar-refractivity contribution is 5.50. The van der Waals surface area contributed by atoms with Gasteiger partial charge >= 0.3 is 0 Å². The van der Waals surface area contributed by atoms with Crippen LogP contribution in [0.25, 0.3) is 6.08 Å². The Morgan fingerprint density at radius 2 is 1.74 bits per heavy atom. The summed E-state index contributed by atoms with van der Waals surface area (Å²) in [5.74, 6) is 5.64. The van der Waals surface area contributed by atoms with Crippen molar-refractivity contribution in [2.75, 3.05) is 0 Å². The maximum absolute atomic E-state index is 9.32. The Hall–Kier alpha value is -2.66. The van der Waals surface area contributed by atoms with E-state index in [0.717, 1.165) is 5.56 Å². The van der Waals surface area contributed by atoms with Gasteiger partial charge in [-0.15, -0.1) is 0 Å². The summed E-state index contributed by atoms with van der Waals surface area (Å²) in [6.07, 6.45) is 4.64. The lowest BCUT2D eigenvalue weighted by Gasteiger charge is -1.96. The normalized spacial score (nSPS) is 10.1. The quantitative estimate of drug-likeness (QED) is 0.632. The lowest BCUT2D eigenvalue weighted by molar-refractivity contribution is 0.403. The number of allylic oxidation sites excluding steroid dienone is 1. The molecule has 0 unspecified atom stereocenters. The van der Waals surface area contributed by atoms with Gasteiger partial charge in [-0.1, -0.05) is 54.3 Å². The van der Waals surface area contributed by atoms with Gasteiger partial charge in [0.2, 0.25) is 0 Å². The molecule has 0 aliphatic carbocycles. The summed E-state index contributed by atoms with van der Waals surface area (Å²) in [6.45, 7) is 0. The molecule has 2 N–H and O–H groups in total. The second-order valence-electron chi connectivity index (χ2n) is 4.02. The predicted octanol–water partition coefficient (Wildman–Crippen LogP) is 3.55. The summed E-state index contributed by atoms with van der Waals surface area (Å²) < 4.78 is 0. The Morgan fingerprint density at radius 1 is 0.947 bits per heavy atom. The van der Waals surface area contributed by atoms with Crippen molar-refractivity contribution in [2.45, 2.75) is 6.42 Å². The van der Waals surface area contributed by atoms with Gasteiger partial charge in [0, 0.05) is 12.0 Å². The first-order valence-corrected chi connectivity index (χ1v) is 5.98. The molecular formula is C17H14O2. The van der Waals surface area contributed by atoms with E-state index in [1.165, 1.54) is 12.1 Å². The van der Waals surface area contributed by atoms with E-state index in [-0.39, 0.29) is 11.5 Å². The van der Waals surface area contributed by atoms with Gasteiger partial charge in [0.05, 0.1) is 0 Å². The van der Waals surface area contributed by atoms with Crippen LogP contribution in [0.2, 0.25) is 0 Å². The molecule has 0 aromatic heterocycles. The number of aromatic hydroxyl groups is 2. The summed E-state index contributed by atoms with van der Waals surface area (Å²) in [4.78, 5) is 0. The van der Waals surface area contributed by atoms with Crippen molar-refractivity contribution < 1.29 is 10.2 Å². The van der Waals surface area contributed by atoms with Crippen LogP contribution < -0.4 is 0 Å². The lowest BCUT2D eigenvalue weighted by atomic mass is 10.2. The van der Waals surface area contributed by atoms with Gasteiger partial charge < -0.3 is 10.2 Å². The van der Waals surface area contributed by atoms with E-state index in [1.807, 2.05) is 42.5 Å². The van der Waals surface area contributed by atoms with Crippen LogP contribution >= 0.6 is 0 Å². The van der Waals surface area contributed by atoms with Gasteiger partial charge in [0.15, 0.2) is 11.5 Å². The average molecular weight is 250 g/mol. The van der Waals surface area contributed by atoms with Gasteiger partial charge in [0.1, 0.15) is 0 Å². The van der Waals surface area contributed by atoms with Gasteiger partial charge in [-0.05, 0) is 23.8 Å². The van der Waals surface area contributed by atoms with Crippen molar-refractivity contribution in [3.63, 3.8) is 0 Å². The maximum Gasteiger partial charge on any atom is 0.158 e. The van der Waals surface area contributed by atoms with Crippen LogP contribution in [0, 0.1) is 11.8 Å². The molecule has 2 heteroatoms. The zero-order valence-corrected chi connectivity index (χ0v) is 10.4. The minimum absolute atomic E-state index is 0.130. The minimum atomic E-state index is -0.147. The largest absolute Gasteiger partial charge is 0.504 e. The Balaban J connectivity index is 1.94. The van der Waals surface area contributed by atoms with Crippen LogP contribution in [0.4, 0.5) is 0 Å². The molecule has 0 saturated heterocycles. The summed E-state index contributed by atoms with van der Waals surface area (Å²) in [5.41, 5.74) is 1.83. The van der Waals surface area contributed by atoms with Crippen molar-refractivity contribution in [1.29, 1.82) is 0 Å². The summed E-state index contributed by atoms with van der Waals surface area (Å²) >= 11 is 0. The molecule has 0 atom stereocenters. The molecule has 0 heterocycles. The molecule has 2 rings (SSSR count).